The van der Waals surface area contributed by atoms with Crippen LogP contribution in [0.15, 0.2) is 4.99 Å². The second kappa shape index (κ2) is 2.70. The summed E-state index contributed by atoms with van der Waals surface area (Å²) in [4.78, 5) is 3.73. The van der Waals surface area contributed by atoms with Crippen molar-refractivity contribution < 1.29 is 0 Å². The zero-order valence-electron chi connectivity index (χ0n) is 4.54. The van der Waals surface area contributed by atoms with Crippen molar-refractivity contribution in [2.75, 3.05) is 6.67 Å². The molecule has 1 aliphatic rings. The van der Waals surface area contributed by atoms with Gasteiger partial charge in [-0.15, -0.1) is 0 Å². The molecule has 0 aromatic heterocycles. The number of alkyl halides is 1. The fourth-order valence-electron chi connectivity index (χ4n) is 0.473. The highest BCUT2D eigenvalue weighted by molar-refractivity contribution is 6.22. The lowest BCUT2D eigenvalue weighted by Crippen LogP contribution is -2.45. The van der Waals surface area contributed by atoms with E-state index in [-0.39, 0.29) is 0 Å². The van der Waals surface area contributed by atoms with Gasteiger partial charge in [-0.1, -0.05) is 11.6 Å². The van der Waals surface area contributed by atoms with Crippen LogP contribution >= 0.6 is 23.4 Å². The van der Waals surface area contributed by atoms with Gasteiger partial charge in [0.15, 0.2) is 5.62 Å². The molecule has 0 radical (unpaired) electrons. The number of hydrogen-bond acceptors (Lipinski definition) is 4. The molecule has 0 amide bonds. The molecule has 4 nitrogen and oxygen atoms in total. The third-order valence-corrected chi connectivity index (χ3v) is 1.44. The molecule has 1 unspecified atom stereocenters. The molecule has 0 spiro atoms. The van der Waals surface area contributed by atoms with Crippen LogP contribution < -0.4 is 5.84 Å². The number of hydrogen-bond donors (Lipinski definition) is 1. The number of nitrogens with zero attached hydrogens (tertiary/aromatic N) is 3. The van der Waals surface area contributed by atoms with Gasteiger partial charge in [0.2, 0.25) is 0 Å². The van der Waals surface area contributed by atoms with Crippen molar-refractivity contribution in [3.63, 3.8) is 0 Å². The van der Waals surface area contributed by atoms with E-state index in [0.717, 1.165) is 0 Å². The number of aliphatic imine (C=N–C) groups is 1. The predicted octanol–water partition coefficient (Wildman–Crippen LogP) is 0.140. The van der Waals surface area contributed by atoms with Crippen LogP contribution in [0.3, 0.4) is 0 Å². The fourth-order valence-corrected chi connectivity index (χ4v) is 0.759. The lowest BCUT2D eigenvalue weighted by molar-refractivity contribution is 0.208. The smallest absolute Gasteiger partial charge is 0.193 e. The Labute approximate surface area is 62.9 Å². The Balaban J connectivity index is 2.54. The van der Waals surface area contributed by atoms with Crippen LogP contribution in [-0.4, -0.2) is 28.1 Å². The number of rotatable bonds is 0. The molecule has 1 atom stereocenters. The van der Waals surface area contributed by atoms with Crippen molar-refractivity contribution in [1.82, 2.24) is 9.43 Å². The lowest BCUT2D eigenvalue weighted by Gasteiger charge is -2.26. The Kier molecular flexibility index (Phi) is 2.13. The van der Waals surface area contributed by atoms with Gasteiger partial charge in [-0.2, -0.15) is 5.01 Å². The summed E-state index contributed by atoms with van der Waals surface area (Å²) in [6.45, 7) is 0.388. The monoisotopic (exact) mass is 168 g/mol. The van der Waals surface area contributed by atoms with Gasteiger partial charge in [-0.3, -0.25) is 10.3 Å². The van der Waals surface area contributed by atoms with Crippen molar-refractivity contribution in [3.8, 4) is 0 Å². The average molecular weight is 169 g/mol. The quantitative estimate of drug-likeness (QED) is 0.243. The third-order valence-electron chi connectivity index (χ3n) is 0.887. The number of halogens is 2. The first-order valence-corrected chi connectivity index (χ1v) is 3.09. The summed E-state index contributed by atoms with van der Waals surface area (Å²) in [7, 11) is 0. The maximum Gasteiger partial charge on any atom is 0.193 e. The molecule has 0 aromatic carbocycles. The minimum atomic E-state index is -0.486. The highest BCUT2D eigenvalue weighted by Gasteiger charge is 2.15. The van der Waals surface area contributed by atoms with E-state index in [1.54, 1.807) is 0 Å². The fraction of sp³-hybridized carbons (Fsp3) is 0.667. The van der Waals surface area contributed by atoms with Crippen LogP contribution in [0.2, 0.25) is 0 Å². The van der Waals surface area contributed by atoms with Crippen LogP contribution in [0.4, 0.5) is 0 Å². The summed E-state index contributed by atoms with van der Waals surface area (Å²) in [6, 6.07) is 0. The number of nitrogens with two attached hydrogens (primary N) is 1. The maximum atomic E-state index is 5.55. The molecule has 1 rings (SSSR count). The first kappa shape index (κ1) is 7.08. The van der Waals surface area contributed by atoms with Crippen molar-refractivity contribution in [2.45, 2.75) is 5.62 Å². The van der Waals surface area contributed by atoms with Crippen molar-refractivity contribution in [3.05, 3.63) is 0 Å². The minimum Gasteiger partial charge on any atom is -0.264 e. The van der Waals surface area contributed by atoms with Crippen molar-refractivity contribution in [1.29, 1.82) is 0 Å². The van der Waals surface area contributed by atoms with E-state index in [1.807, 2.05) is 0 Å². The zero-order chi connectivity index (χ0) is 6.85. The van der Waals surface area contributed by atoms with Gasteiger partial charge in [0.1, 0.15) is 13.0 Å². The van der Waals surface area contributed by atoms with Crippen molar-refractivity contribution >= 4 is 29.7 Å². The molecule has 52 valence electrons. The van der Waals surface area contributed by atoms with E-state index in [1.165, 1.54) is 15.8 Å². The predicted molar refractivity (Wildman–Crippen MR) is 36.7 cm³/mol. The minimum absolute atomic E-state index is 0.388. The molecule has 9 heavy (non-hydrogen) atoms. The molecular formula is C3H6Cl2N4. The third kappa shape index (κ3) is 1.69. The average Bonchev–Trinajstić information content (AvgIpc) is 1.80. The van der Waals surface area contributed by atoms with E-state index in [0.29, 0.717) is 6.67 Å². The molecule has 2 N–H and O–H groups in total. The first-order valence-electron chi connectivity index (χ1n) is 2.31. The van der Waals surface area contributed by atoms with Crippen LogP contribution in [0, 0.1) is 0 Å². The van der Waals surface area contributed by atoms with Gasteiger partial charge in [-0.05, 0) is 0 Å². The van der Waals surface area contributed by atoms with Crippen LogP contribution in [0.25, 0.3) is 0 Å². The molecule has 0 aliphatic carbocycles. The van der Waals surface area contributed by atoms with Gasteiger partial charge in [0.05, 0.1) is 0 Å². The Morgan fingerprint density at radius 2 is 2.44 bits per heavy atom. The van der Waals surface area contributed by atoms with Gasteiger partial charge >= 0.3 is 0 Å². The largest absolute Gasteiger partial charge is 0.264 e. The summed E-state index contributed by atoms with van der Waals surface area (Å²) in [5, 5.41) is 1.31. The van der Waals surface area contributed by atoms with Crippen LogP contribution in [0.5, 0.6) is 0 Å². The van der Waals surface area contributed by atoms with Gasteiger partial charge in [0.25, 0.3) is 0 Å². The van der Waals surface area contributed by atoms with Crippen LogP contribution in [0.1, 0.15) is 0 Å². The summed E-state index contributed by atoms with van der Waals surface area (Å²) in [5.74, 6) is 5.33. The van der Waals surface area contributed by atoms with Gasteiger partial charge in [-0.25, -0.2) is 4.99 Å². The highest BCUT2D eigenvalue weighted by atomic mass is 35.5. The van der Waals surface area contributed by atoms with Gasteiger partial charge < -0.3 is 0 Å². The normalized spacial score (nSPS) is 29.2. The topological polar surface area (TPSA) is 44.9 Å². The highest BCUT2D eigenvalue weighted by Crippen LogP contribution is 2.07. The standard InChI is InChI=1S/C3H6Cl2N4/c4-3-7-1-8(5)2-9(3)6/h1,3H,2,6H2. The maximum absolute atomic E-state index is 5.55. The van der Waals surface area contributed by atoms with E-state index >= 15 is 0 Å². The summed E-state index contributed by atoms with van der Waals surface area (Å²) in [6.07, 6.45) is 1.43. The van der Waals surface area contributed by atoms with E-state index in [9.17, 15) is 0 Å². The first-order chi connectivity index (χ1) is 4.20. The Morgan fingerprint density at radius 1 is 1.78 bits per heavy atom. The molecule has 1 heterocycles. The molecule has 0 bridgehead atoms. The van der Waals surface area contributed by atoms with E-state index in [2.05, 4.69) is 4.99 Å². The molecule has 0 aromatic rings. The van der Waals surface area contributed by atoms with Gasteiger partial charge in [0, 0.05) is 11.8 Å². The molecule has 1 aliphatic heterocycles. The summed E-state index contributed by atoms with van der Waals surface area (Å²) < 4.78 is 1.32. The molecule has 0 fully saturated rings. The second-order valence-corrected chi connectivity index (χ2v) is 2.46. The Bertz CT molecular complexity index is 127. The van der Waals surface area contributed by atoms with E-state index < -0.39 is 5.62 Å². The van der Waals surface area contributed by atoms with E-state index in [4.69, 9.17) is 29.2 Å². The Morgan fingerprint density at radius 3 is 2.89 bits per heavy atom. The lowest BCUT2D eigenvalue weighted by atomic mass is 10.8. The van der Waals surface area contributed by atoms with Crippen molar-refractivity contribution in [2.24, 2.45) is 10.8 Å². The summed E-state index contributed by atoms with van der Waals surface area (Å²) in [5.41, 5.74) is -0.486. The Hall–Kier alpha value is -0.0300. The SMILES string of the molecule is NN1CN(Cl)C=NC1Cl. The molecule has 6 heteroatoms. The summed E-state index contributed by atoms with van der Waals surface area (Å²) >= 11 is 11.0. The molecular weight excluding hydrogens is 163 g/mol. The number of hydrazine groups is 1. The van der Waals surface area contributed by atoms with Crippen LogP contribution in [-0.2, 0) is 0 Å². The molecule has 0 saturated carbocycles. The zero-order valence-corrected chi connectivity index (χ0v) is 6.05. The molecule has 0 saturated heterocycles. The second-order valence-electron chi connectivity index (χ2n) is 1.63.